The minimum atomic E-state index is -4.46. The van der Waals surface area contributed by atoms with E-state index in [1.165, 1.54) is 12.4 Å². The second-order valence-electron chi connectivity index (χ2n) is 9.53. The van der Waals surface area contributed by atoms with Gasteiger partial charge in [0, 0.05) is 30.9 Å². The van der Waals surface area contributed by atoms with Crippen LogP contribution in [0.2, 0.25) is 0 Å². The molecule has 2 aliphatic rings. The molecule has 184 valence electrons. The SMILES string of the molecule is C=CCC(O)C1CCC(N2CC(CC(=O)CNc3ncnc4ccc(C(F)(F)F)cc34)C2)CC1. The summed E-state index contributed by atoms with van der Waals surface area (Å²) in [5, 5.41) is 13.3. The van der Waals surface area contributed by atoms with Crippen LogP contribution in [0.1, 0.15) is 44.1 Å². The van der Waals surface area contributed by atoms with Crippen LogP contribution in [0.25, 0.3) is 10.9 Å². The summed E-state index contributed by atoms with van der Waals surface area (Å²) in [6.07, 6.45) is 3.56. The number of likely N-dealkylation sites (tertiary alicyclic amines) is 1. The van der Waals surface area contributed by atoms with Crippen molar-refractivity contribution in [2.75, 3.05) is 25.0 Å². The minimum absolute atomic E-state index is 0.0136. The Labute approximate surface area is 197 Å². The summed E-state index contributed by atoms with van der Waals surface area (Å²) in [5.41, 5.74) is -0.387. The van der Waals surface area contributed by atoms with Gasteiger partial charge in [0.2, 0.25) is 0 Å². The fourth-order valence-electron chi connectivity index (χ4n) is 5.20. The largest absolute Gasteiger partial charge is 0.416 e. The number of nitrogens with one attached hydrogen (secondary N) is 1. The highest BCUT2D eigenvalue weighted by Crippen LogP contribution is 2.35. The molecule has 2 aromatic rings. The van der Waals surface area contributed by atoms with Gasteiger partial charge in [-0.3, -0.25) is 9.69 Å². The van der Waals surface area contributed by atoms with E-state index in [0.717, 1.165) is 50.9 Å². The van der Waals surface area contributed by atoms with Gasteiger partial charge >= 0.3 is 6.18 Å². The topological polar surface area (TPSA) is 78.4 Å². The fraction of sp³-hybridized carbons (Fsp3) is 0.560. The maximum atomic E-state index is 13.1. The first-order chi connectivity index (χ1) is 16.2. The number of benzene rings is 1. The molecule has 0 amide bonds. The van der Waals surface area contributed by atoms with Gasteiger partial charge in [-0.2, -0.15) is 13.2 Å². The number of ketones is 1. The number of nitrogens with zero attached hydrogens (tertiary/aromatic N) is 3. The van der Waals surface area contributed by atoms with E-state index in [0.29, 0.717) is 36.2 Å². The van der Waals surface area contributed by atoms with Crippen molar-refractivity contribution < 1.29 is 23.1 Å². The van der Waals surface area contributed by atoms with Crippen molar-refractivity contribution in [1.29, 1.82) is 0 Å². The molecule has 2 fully saturated rings. The molecule has 34 heavy (non-hydrogen) atoms. The molecule has 2 N–H and O–H groups in total. The van der Waals surface area contributed by atoms with Crippen LogP contribution in [0.4, 0.5) is 19.0 Å². The number of aliphatic hydroxyl groups is 1. The van der Waals surface area contributed by atoms with E-state index in [2.05, 4.69) is 26.8 Å². The molecular formula is C25H31F3N4O2. The molecule has 1 unspecified atom stereocenters. The number of hydrogen-bond donors (Lipinski definition) is 2. The van der Waals surface area contributed by atoms with E-state index in [9.17, 15) is 23.1 Å². The zero-order valence-corrected chi connectivity index (χ0v) is 19.1. The predicted octanol–water partition coefficient (Wildman–Crippen LogP) is 4.45. The molecule has 1 aliphatic heterocycles. The second kappa shape index (κ2) is 10.4. The van der Waals surface area contributed by atoms with Crippen LogP contribution in [0.5, 0.6) is 0 Å². The number of carbonyl (C=O) groups is 1. The number of anilines is 1. The Morgan fingerprint density at radius 3 is 2.65 bits per heavy atom. The lowest BCUT2D eigenvalue weighted by Gasteiger charge is -2.47. The molecule has 0 spiro atoms. The van der Waals surface area contributed by atoms with Crippen LogP contribution < -0.4 is 5.32 Å². The third-order valence-corrected chi connectivity index (χ3v) is 7.13. The number of halogens is 3. The molecule has 6 nitrogen and oxygen atoms in total. The van der Waals surface area contributed by atoms with Crippen molar-refractivity contribution >= 4 is 22.5 Å². The average Bonchev–Trinajstić information content (AvgIpc) is 2.79. The summed E-state index contributed by atoms with van der Waals surface area (Å²) in [4.78, 5) is 23.0. The highest BCUT2D eigenvalue weighted by molar-refractivity contribution is 5.91. The van der Waals surface area contributed by atoms with E-state index < -0.39 is 11.7 Å². The first kappa shape index (κ1) is 24.6. The molecule has 4 rings (SSSR count). The quantitative estimate of drug-likeness (QED) is 0.521. The van der Waals surface area contributed by atoms with Crippen LogP contribution in [0.3, 0.4) is 0 Å². The average molecular weight is 477 g/mol. The minimum Gasteiger partial charge on any atom is -0.393 e. The summed E-state index contributed by atoms with van der Waals surface area (Å²) >= 11 is 0. The first-order valence-electron chi connectivity index (χ1n) is 11.8. The molecule has 1 aromatic carbocycles. The summed E-state index contributed by atoms with van der Waals surface area (Å²) < 4.78 is 39.2. The summed E-state index contributed by atoms with van der Waals surface area (Å²) in [6.45, 7) is 5.50. The molecule has 0 bridgehead atoms. The van der Waals surface area contributed by atoms with Crippen molar-refractivity contribution in [3.8, 4) is 0 Å². The number of rotatable bonds is 9. The Hall–Kier alpha value is -2.52. The molecule has 1 aromatic heterocycles. The predicted molar refractivity (Wildman–Crippen MR) is 124 cm³/mol. The van der Waals surface area contributed by atoms with Gasteiger partial charge in [-0.25, -0.2) is 9.97 Å². The number of hydrogen-bond acceptors (Lipinski definition) is 6. The van der Waals surface area contributed by atoms with Gasteiger partial charge in [-0.05, 0) is 62.1 Å². The third-order valence-electron chi connectivity index (χ3n) is 7.13. The lowest BCUT2D eigenvalue weighted by Crippen LogP contribution is -2.53. The van der Waals surface area contributed by atoms with E-state index in [1.54, 1.807) is 6.08 Å². The van der Waals surface area contributed by atoms with Gasteiger partial charge in [0.25, 0.3) is 0 Å². The molecule has 1 saturated heterocycles. The van der Waals surface area contributed by atoms with E-state index in [1.807, 2.05) is 0 Å². The van der Waals surface area contributed by atoms with Gasteiger partial charge in [-0.1, -0.05) is 6.08 Å². The number of Topliss-reactive ketones (excluding diaryl/α,β-unsaturated/α-hetero) is 1. The number of fused-ring (bicyclic) bond motifs is 1. The Bertz CT molecular complexity index is 1010. The second-order valence-corrected chi connectivity index (χ2v) is 9.53. The molecule has 1 aliphatic carbocycles. The number of aromatic nitrogens is 2. The highest BCUT2D eigenvalue weighted by Gasteiger charge is 2.36. The number of aliphatic hydroxyl groups excluding tert-OH is 1. The van der Waals surface area contributed by atoms with E-state index in [4.69, 9.17) is 0 Å². The monoisotopic (exact) mass is 476 g/mol. The highest BCUT2D eigenvalue weighted by atomic mass is 19.4. The third kappa shape index (κ3) is 5.75. The lowest BCUT2D eigenvalue weighted by molar-refractivity contribution is -0.137. The zero-order valence-electron chi connectivity index (χ0n) is 19.1. The maximum absolute atomic E-state index is 13.1. The Morgan fingerprint density at radius 1 is 1.24 bits per heavy atom. The van der Waals surface area contributed by atoms with Gasteiger partial charge in [-0.15, -0.1) is 6.58 Å². The normalized spacial score (nSPS) is 22.8. The van der Waals surface area contributed by atoms with Crippen molar-refractivity contribution in [2.24, 2.45) is 11.8 Å². The van der Waals surface area contributed by atoms with Crippen molar-refractivity contribution in [2.45, 2.75) is 56.8 Å². The lowest BCUT2D eigenvalue weighted by atomic mass is 9.79. The molecule has 1 saturated carbocycles. The summed E-state index contributed by atoms with van der Waals surface area (Å²) in [5.74, 6) is 0.899. The van der Waals surface area contributed by atoms with Crippen LogP contribution in [-0.2, 0) is 11.0 Å². The van der Waals surface area contributed by atoms with E-state index in [-0.39, 0.29) is 29.6 Å². The van der Waals surface area contributed by atoms with Crippen molar-refractivity contribution in [3.63, 3.8) is 0 Å². The molecule has 2 heterocycles. The maximum Gasteiger partial charge on any atom is 0.416 e. The van der Waals surface area contributed by atoms with Gasteiger partial charge < -0.3 is 10.4 Å². The molecule has 0 radical (unpaired) electrons. The molecule has 9 heteroatoms. The van der Waals surface area contributed by atoms with Crippen LogP contribution >= 0.6 is 0 Å². The standard InChI is InChI=1S/C25H31F3N4O2/c1-2-3-23(34)17-4-7-19(8-5-17)32-13-16(14-32)10-20(33)12-29-24-21-11-18(25(26,27)28)6-9-22(21)30-15-31-24/h2,6,9,11,15-17,19,23,34H,1,3-5,7-8,10,12-14H2,(H,29,30,31). The Balaban J connectivity index is 1.23. The Kier molecular flexibility index (Phi) is 7.52. The molecule has 1 atom stereocenters. The summed E-state index contributed by atoms with van der Waals surface area (Å²) in [7, 11) is 0. The van der Waals surface area contributed by atoms with Crippen LogP contribution in [0.15, 0.2) is 37.2 Å². The van der Waals surface area contributed by atoms with Gasteiger partial charge in [0.1, 0.15) is 12.1 Å². The van der Waals surface area contributed by atoms with Crippen LogP contribution in [0, 0.1) is 11.8 Å². The van der Waals surface area contributed by atoms with Gasteiger partial charge in [0.05, 0.1) is 23.7 Å². The first-order valence-corrected chi connectivity index (χ1v) is 11.8. The Morgan fingerprint density at radius 2 is 1.97 bits per heavy atom. The summed E-state index contributed by atoms with van der Waals surface area (Å²) in [6, 6.07) is 3.83. The van der Waals surface area contributed by atoms with Crippen LogP contribution in [-0.4, -0.2) is 57.5 Å². The number of carbonyl (C=O) groups excluding carboxylic acids is 1. The smallest absolute Gasteiger partial charge is 0.393 e. The number of alkyl halides is 3. The van der Waals surface area contributed by atoms with Crippen molar-refractivity contribution in [1.82, 2.24) is 14.9 Å². The van der Waals surface area contributed by atoms with Crippen molar-refractivity contribution in [3.05, 3.63) is 42.7 Å². The zero-order chi connectivity index (χ0) is 24.3. The van der Waals surface area contributed by atoms with Gasteiger partial charge in [0.15, 0.2) is 5.78 Å². The van der Waals surface area contributed by atoms with E-state index >= 15 is 0 Å². The fourth-order valence-corrected chi connectivity index (χ4v) is 5.20. The molecular weight excluding hydrogens is 445 g/mol.